The molecule has 3 rings (SSSR count). The number of carbonyl (C=O) groups excluding carboxylic acids is 2. The summed E-state index contributed by atoms with van der Waals surface area (Å²) in [7, 11) is 1.33. The number of likely N-dealkylation sites (N-methyl/N-ethyl adjacent to an activating group) is 1. The van der Waals surface area contributed by atoms with Crippen molar-refractivity contribution in [2.24, 2.45) is 4.99 Å². The standard InChI is InChI=1S/C18H14Cl3FN4O2/c1-25-14(15(27)26(17(25)28)13-10-6-5-9-12(13)22)24-16(18(19,20)21)23-11-7-3-2-4-8-11/h2-10,16,23H,1H3/b24-14+. The number of amides is 3. The van der Waals surface area contributed by atoms with Gasteiger partial charge >= 0.3 is 11.9 Å². The summed E-state index contributed by atoms with van der Waals surface area (Å²) in [5.41, 5.74) is 0.407. The smallest absolute Gasteiger partial charge is 0.337 e. The molecule has 1 fully saturated rings. The topological polar surface area (TPSA) is 65.0 Å². The number of para-hydroxylation sites is 2. The summed E-state index contributed by atoms with van der Waals surface area (Å²) >= 11 is 18.0. The molecule has 1 aliphatic heterocycles. The zero-order chi connectivity index (χ0) is 20.5. The van der Waals surface area contributed by atoms with E-state index < -0.39 is 27.7 Å². The van der Waals surface area contributed by atoms with Gasteiger partial charge in [-0.15, -0.1) is 0 Å². The minimum Gasteiger partial charge on any atom is -0.360 e. The van der Waals surface area contributed by atoms with E-state index in [1.807, 2.05) is 0 Å². The number of urea groups is 1. The van der Waals surface area contributed by atoms with Crippen LogP contribution in [0, 0.1) is 5.82 Å². The number of hydrogen-bond donors (Lipinski definition) is 1. The van der Waals surface area contributed by atoms with Crippen molar-refractivity contribution < 1.29 is 14.0 Å². The predicted molar refractivity (Wildman–Crippen MR) is 109 cm³/mol. The number of nitrogens with zero attached hydrogens (tertiary/aromatic N) is 3. The molecule has 0 spiro atoms. The summed E-state index contributed by atoms with van der Waals surface area (Å²) in [4.78, 5) is 31.2. The molecule has 2 aromatic carbocycles. The van der Waals surface area contributed by atoms with E-state index in [2.05, 4.69) is 10.3 Å². The molecule has 3 amide bonds. The molecule has 146 valence electrons. The van der Waals surface area contributed by atoms with Gasteiger partial charge in [0.25, 0.3) is 0 Å². The maximum Gasteiger partial charge on any atom is 0.337 e. The van der Waals surface area contributed by atoms with E-state index in [0.717, 1.165) is 11.0 Å². The zero-order valence-electron chi connectivity index (χ0n) is 14.4. The fraction of sp³-hybridized carbons (Fsp3) is 0.167. The van der Waals surface area contributed by atoms with Crippen molar-refractivity contribution in [2.45, 2.75) is 9.96 Å². The Kier molecular flexibility index (Phi) is 5.79. The third-order valence-corrected chi connectivity index (χ3v) is 4.54. The number of hydrogen-bond acceptors (Lipinski definition) is 4. The van der Waals surface area contributed by atoms with Gasteiger partial charge in [-0.05, 0) is 24.3 Å². The second kappa shape index (κ2) is 7.95. The number of rotatable bonds is 4. The van der Waals surface area contributed by atoms with E-state index in [0.29, 0.717) is 10.6 Å². The van der Waals surface area contributed by atoms with Gasteiger partial charge in [-0.2, -0.15) is 0 Å². The number of amidine groups is 1. The molecule has 0 aliphatic carbocycles. The fourth-order valence-corrected chi connectivity index (χ4v) is 2.87. The monoisotopic (exact) mass is 442 g/mol. The molecule has 1 N–H and O–H groups in total. The highest BCUT2D eigenvalue weighted by molar-refractivity contribution is 6.68. The molecule has 0 aromatic heterocycles. The molecular formula is C18H14Cl3FN4O2. The van der Waals surface area contributed by atoms with Crippen molar-refractivity contribution in [3.05, 3.63) is 60.4 Å². The normalized spacial score (nSPS) is 17.4. The van der Waals surface area contributed by atoms with Crippen LogP contribution >= 0.6 is 34.8 Å². The largest absolute Gasteiger partial charge is 0.360 e. The summed E-state index contributed by atoms with van der Waals surface area (Å²) in [6, 6.07) is 13.4. The van der Waals surface area contributed by atoms with E-state index in [1.165, 1.54) is 25.2 Å². The van der Waals surface area contributed by atoms with E-state index >= 15 is 0 Å². The summed E-state index contributed by atoms with van der Waals surface area (Å²) in [6.45, 7) is 0. The first-order chi connectivity index (χ1) is 13.2. The summed E-state index contributed by atoms with van der Waals surface area (Å²) in [6.07, 6.45) is -1.19. The molecule has 6 nitrogen and oxygen atoms in total. The van der Waals surface area contributed by atoms with Gasteiger partial charge in [0.1, 0.15) is 5.82 Å². The van der Waals surface area contributed by atoms with E-state index in [9.17, 15) is 14.0 Å². The number of imide groups is 1. The summed E-state index contributed by atoms with van der Waals surface area (Å²) in [5, 5.41) is 2.90. The second-order valence-electron chi connectivity index (χ2n) is 5.84. The average molecular weight is 444 g/mol. The molecule has 0 bridgehead atoms. The molecule has 1 heterocycles. The number of halogens is 4. The number of aliphatic imine (C=N–C) groups is 1. The minimum absolute atomic E-state index is 0.184. The number of carbonyl (C=O) groups is 2. The first-order valence-corrected chi connectivity index (χ1v) is 9.16. The van der Waals surface area contributed by atoms with Crippen LogP contribution in [0.4, 0.5) is 20.6 Å². The van der Waals surface area contributed by atoms with Gasteiger partial charge in [-0.25, -0.2) is 19.1 Å². The van der Waals surface area contributed by atoms with Crippen LogP contribution in [-0.2, 0) is 4.79 Å². The van der Waals surface area contributed by atoms with Gasteiger partial charge < -0.3 is 5.32 Å². The van der Waals surface area contributed by atoms with Crippen molar-refractivity contribution in [1.82, 2.24) is 4.90 Å². The lowest BCUT2D eigenvalue weighted by Crippen LogP contribution is -2.36. The highest BCUT2D eigenvalue weighted by Gasteiger charge is 2.44. The van der Waals surface area contributed by atoms with Crippen LogP contribution in [0.15, 0.2) is 59.6 Å². The third-order valence-electron chi connectivity index (χ3n) is 3.92. The minimum atomic E-state index is -1.93. The van der Waals surface area contributed by atoms with Gasteiger partial charge in [0.05, 0.1) is 5.69 Å². The summed E-state index contributed by atoms with van der Waals surface area (Å²) < 4.78 is 12.2. The zero-order valence-corrected chi connectivity index (χ0v) is 16.7. The Morgan fingerprint density at radius 3 is 2.25 bits per heavy atom. The van der Waals surface area contributed by atoms with Crippen LogP contribution in [0.2, 0.25) is 0 Å². The van der Waals surface area contributed by atoms with Gasteiger partial charge in [0.2, 0.25) is 9.63 Å². The number of anilines is 2. The van der Waals surface area contributed by atoms with Crippen LogP contribution in [0.3, 0.4) is 0 Å². The van der Waals surface area contributed by atoms with Crippen molar-refractivity contribution in [2.75, 3.05) is 17.3 Å². The Balaban J connectivity index is 1.98. The molecule has 28 heavy (non-hydrogen) atoms. The molecule has 1 atom stereocenters. The predicted octanol–water partition coefficient (Wildman–Crippen LogP) is 4.43. The molecule has 10 heteroatoms. The first kappa shape index (κ1) is 20.4. The fourth-order valence-electron chi connectivity index (χ4n) is 2.56. The number of nitrogens with one attached hydrogen (secondary N) is 1. The van der Waals surface area contributed by atoms with Gasteiger partial charge in [-0.1, -0.05) is 65.1 Å². The Hall–Kier alpha value is -2.35. The quantitative estimate of drug-likeness (QED) is 0.561. The Bertz CT molecular complexity index is 934. The molecule has 0 radical (unpaired) electrons. The Labute approximate surface area is 175 Å². The van der Waals surface area contributed by atoms with Gasteiger partial charge in [0, 0.05) is 12.7 Å². The highest BCUT2D eigenvalue weighted by Crippen LogP contribution is 2.34. The molecule has 1 unspecified atom stereocenters. The van der Waals surface area contributed by atoms with E-state index in [1.54, 1.807) is 30.3 Å². The van der Waals surface area contributed by atoms with Crippen LogP contribution in [-0.4, -0.2) is 39.7 Å². The van der Waals surface area contributed by atoms with Crippen molar-refractivity contribution in [1.29, 1.82) is 0 Å². The SMILES string of the molecule is CN1C(=O)N(c2ccccc2F)C(=O)/C1=N\C(Nc1ccccc1)C(Cl)(Cl)Cl. The van der Waals surface area contributed by atoms with Gasteiger partial charge in [-0.3, -0.25) is 9.69 Å². The maximum atomic E-state index is 14.1. The first-order valence-electron chi connectivity index (χ1n) is 8.03. The van der Waals surface area contributed by atoms with Crippen LogP contribution in [0.25, 0.3) is 0 Å². The van der Waals surface area contributed by atoms with Crippen LogP contribution in [0.5, 0.6) is 0 Å². The third kappa shape index (κ3) is 4.06. The van der Waals surface area contributed by atoms with Gasteiger partial charge in [0.15, 0.2) is 6.17 Å². The van der Waals surface area contributed by atoms with Crippen LogP contribution in [0.1, 0.15) is 0 Å². The lowest BCUT2D eigenvalue weighted by molar-refractivity contribution is -0.111. The second-order valence-corrected chi connectivity index (χ2v) is 8.21. The number of alkyl halides is 3. The lowest BCUT2D eigenvalue weighted by atomic mass is 10.3. The highest BCUT2D eigenvalue weighted by atomic mass is 35.6. The van der Waals surface area contributed by atoms with E-state index in [-0.39, 0.29) is 11.5 Å². The van der Waals surface area contributed by atoms with Crippen molar-refractivity contribution in [3.8, 4) is 0 Å². The molecule has 0 saturated carbocycles. The number of benzene rings is 2. The molecule has 1 saturated heterocycles. The average Bonchev–Trinajstić information content (AvgIpc) is 2.85. The van der Waals surface area contributed by atoms with Crippen molar-refractivity contribution in [3.63, 3.8) is 0 Å². The summed E-state index contributed by atoms with van der Waals surface area (Å²) in [5.74, 6) is -1.83. The molecule has 1 aliphatic rings. The van der Waals surface area contributed by atoms with Crippen LogP contribution < -0.4 is 10.2 Å². The maximum absolute atomic E-state index is 14.1. The molecule has 2 aromatic rings. The Morgan fingerprint density at radius 2 is 1.64 bits per heavy atom. The van der Waals surface area contributed by atoms with E-state index in [4.69, 9.17) is 34.8 Å². The lowest BCUT2D eigenvalue weighted by Gasteiger charge is -2.23. The Morgan fingerprint density at radius 1 is 1.04 bits per heavy atom. The molecular weight excluding hydrogens is 430 g/mol. The van der Waals surface area contributed by atoms with Crippen molar-refractivity contribution >= 4 is 64.0 Å².